The first-order chi connectivity index (χ1) is 17.0. The molecule has 3 aromatic carbocycles. The topological polar surface area (TPSA) is 72.7 Å². The van der Waals surface area contributed by atoms with Crippen LogP contribution in [0.15, 0.2) is 84.9 Å². The molecular weight excluding hydrogens is 478 g/mol. The Morgan fingerprint density at radius 2 is 1.66 bits per heavy atom. The lowest BCUT2D eigenvalue weighted by atomic mass is 10.0. The lowest BCUT2D eigenvalue weighted by molar-refractivity contribution is 0.102. The molecule has 0 atom stereocenters. The fraction of sp³-hybridized carbons (Fsp3) is 0.0370. The molecule has 170 valence electrons. The molecule has 0 aliphatic carbocycles. The summed E-state index contributed by atoms with van der Waals surface area (Å²) in [6.45, 7) is 1.89. The number of nitrogens with zero attached hydrogens (tertiary/aromatic N) is 4. The number of thiazole rings is 1. The van der Waals surface area contributed by atoms with E-state index in [-0.39, 0.29) is 5.91 Å². The Kier molecular flexibility index (Phi) is 5.28. The van der Waals surface area contributed by atoms with Gasteiger partial charge in [0, 0.05) is 22.0 Å². The Morgan fingerprint density at radius 3 is 2.46 bits per heavy atom. The van der Waals surface area contributed by atoms with Gasteiger partial charge in [-0.1, -0.05) is 65.4 Å². The molecule has 0 unspecified atom stereocenters. The largest absolute Gasteiger partial charge is 0.306 e. The number of aromatic nitrogens is 4. The van der Waals surface area contributed by atoms with Crippen molar-refractivity contribution in [2.24, 2.45) is 0 Å². The molecule has 6 aromatic rings. The average Bonchev–Trinajstić information content (AvgIpc) is 3.46. The molecule has 3 aromatic heterocycles. The van der Waals surface area contributed by atoms with Crippen LogP contribution >= 0.6 is 22.9 Å². The number of fused-ring (bicyclic) bond motifs is 2. The normalized spacial score (nSPS) is 11.3. The smallest absolute Gasteiger partial charge is 0.257 e. The molecule has 0 spiro atoms. The van der Waals surface area contributed by atoms with E-state index >= 15 is 0 Å². The minimum absolute atomic E-state index is 0.249. The highest BCUT2D eigenvalue weighted by atomic mass is 35.5. The molecule has 6 rings (SSSR count). The Balaban J connectivity index is 1.42. The third kappa shape index (κ3) is 4.05. The van der Waals surface area contributed by atoms with Crippen LogP contribution in [-0.2, 0) is 0 Å². The third-order valence-electron chi connectivity index (χ3n) is 5.64. The number of anilines is 1. The highest BCUT2D eigenvalue weighted by Gasteiger charge is 2.18. The van der Waals surface area contributed by atoms with Crippen molar-refractivity contribution in [2.75, 3.05) is 5.32 Å². The van der Waals surface area contributed by atoms with Crippen LogP contribution in [0.4, 0.5) is 5.82 Å². The zero-order valence-electron chi connectivity index (χ0n) is 18.6. The van der Waals surface area contributed by atoms with E-state index in [0.29, 0.717) is 27.2 Å². The molecule has 0 aliphatic rings. The fourth-order valence-electron chi connectivity index (χ4n) is 4.00. The number of carbonyl (C=O) groups is 1. The summed E-state index contributed by atoms with van der Waals surface area (Å²) < 4.78 is 2.74. The van der Waals surface area contributed by atoms with E-state index in [4.69, 9.17) is 21.6 Å². The average molecular weight is 496 g/mol. The summed E-state index contributed by atoms with van der Waals surface area (Å²) in [5.74, 6) is 0.307. The minimum Gasteiger partial charge on any atom is -0.306 e. The zero-order valence-corrected chi connectivity index (χ0v) is 20.1. The number of hydrogen-bond acceptors (Lipinski definition) is 5. The van der Waals surface area contributed by atoms with Gasteiger partial charge in [0.1, 0.15) is 5.82 Å². The Bertz CT molecular complexity index is 1690. The van der Waals surface area contributed by atoms with Crippen LogP contribution in [0.2, 0.25) is 5.02 Å². The Hall–Kier alpha value is -4.07. The quantitative estimate of drug-likeness (QED) is 0.288. The van der Waals surface area contributed by atoms with Crippen molar-refractivity contribution in [1.29, 1.82) is 0 Å². The van der Waals surface area contributed by atoms with Crippen LogP contribution < -0.4 is 5.32 Å². The number of amides is 1. The second-order valence-electron chi connectivity index (χ2n) is 8.08. The van der Waals surface area contributed by atoms with Gasteiger partial charge in [-0.15, -0.1) is 0 Å². The highest BCUT2D eigenvalue weighted by molar-refractivity contribution is 7.20. The number of pyridine rings is 1. The molecule has 35 heavy (non-hydrogen) atoms. The number of para-hydroxylation sites is 2. The van der Waals surface area contributed by atoms with Crippen molar-refractivity contribution in [1.82, 2.24) is 19.7 Å². The van der Waals surface area contributed by atoms with E-state index in [1.54, 1.807) is 4.68 Å². The van der Waals surface area contributed by atoms with Crippen molar-refractivity contribution in [3.63, 3.8) is 0 Å². The van der Waals surface area contributed by atoms with E-state index < -0.39 is 0 Å². The van der Waals surface area contributed by atoms with Crippen molar-refractivity contribution in [2.45, 2.75) is 6.92 Å². The van der Waals surface area contributed by atoms with E-state index in [9.17, 15) is 4.79 Å². The summed E-state index contributed by atoms with van der Waals surface area (Å²) >= 11 is 7.58. The molecule has 0 fully saturated rings. The molecule has 0 saturated heterocycles. The van der Waals surface area contributed by atoms with Gasteiger partial charge in [0.15, 0.2) is 0 Å². The maximum Gasteiger partial charge on any atom is 0.257 e. The fourth-order valence-corrected chi connectivity index (χ4v) is 5.06. The molecule has 1 N–H and O–H groups in total. The number of nitrogens with one attached hydrogen (secondary N) is 1. The Labute approximate surface area is 209 Å². The van der Waals surface area contributed by atoms with Crippen LogP contribution in [0, 0.1) is 6.92 Å². The van der Waals surface area contributed by atoms with E-state index in [2.05, 4.69) is 10.4 Å². The number of rotatable bonds is 4. The van der Waals surface area contributed by atoms with Gasteiger partial charge in [0.2, 0.25) is 5.13 Å². The van der Waals surface area contributed by atoms with Crippen molar-refractivity contribution < 1.29 is 4.79 Å². The molecule has 3 heterocycles. The summed E-state index contributed by atoms with van der Waals surface area (Å²) in [7, 11) is 0. The maximum atomic E-state index is 13.6. The van der Waals surface area contributed by atoms with Gasteiger partial charge < -0.3 is 5.32 Å². The predicted octanol–water partition coefficient (Wildman–Crippen LogP) is 6.91. The number of halogens is 1. The number of benzene rings is 3. The zero-order chi connectivity index (χ0) is 23.9. The second kappa shape index (κ2) is 8.61. The minimum atomic E-state index is -0.249. The van der Waals surface area contributed by atoms with Crippen LogP contribution in [0.1, 0.15) is 16.1 Å². The molecule has 0 radical (unpaired) electrons. The van der Waals surface area contributed by atoms with E-state index in [1.165, 1.54) is 11.3 Å². The summed E-state index contributed by atoms with van der Waals surface area (Å²) in [4.78, 5) is 23.1. The summed E-state index contributed by atoms with van der Waals surface area (Å²) in [5.41, 5.74) is 4.51. The lowest BCUT2D eigenvalue weighted by Gasteiger charge is -2.11. The monoisotopic (exact) mass is 495 g/mol. The first-order valence-electron chi connectivity index (χ1n) is 10.9. The van der Waals surface area contributed by atoms with Gasteiger partial charge in [0.25, 0.3) is 5.91 Å². The molecule has 6 nitrogen and oxygen atoms in total. The van der Waals surface area contributed by atoms with Crippen LogP contribution in [0.3, 0.4) is 0 Å². The molecule has 8 heteroatoms. The third-order valence-corrected chi connectivity index (χ3v) is 6.90. The van der Waals surface area contributed by atoms with Gasteiger partial charge in [-0.25, -0.2) is 9.97 Å². The standard InChI is InChI=1S/C27H18ClN5OS/c1-16-14-25(33(32-16)27-30-22-8-4-5-9-24(22)35-27)31-26(34)20-15-23(17-10-12-18(28)13-11-17)29-21-7-3-2-6-19(20)21/h2-15H,1H3,(H,31,34). The summed E-state index contributed by atoms with van der Waals surface area (Å²) in [5, 5.41) is 9.74. The van der Waals surface area contributed by atoms with Crippen LogP contribution in [0.5, 0.6) is 0 Å². The van der Waals surface area contributed by atoms with Gasteiger partial charge in [0.05, 0.1) is 32.7 Å². The Morgan fingerprint density at radius 1 is 0.914 bits per heavy atom. The number of hydrogen-bond donors (Lipinski definition) is 1. The second-order valence-corrected chi connectivity index (χ2v) is 9.53. The van der Waals surface area contributed by atoms with Crippen molar-refractivity contribution >= 4 is 55.8 Å². The molecular formula is C27H18ClN5OS. The first-order valence-corrected chi connectivity index (χ1v) is 12.1. The van der Waals surface area contributed by atoms with E-state index in [1.807, 2.05) is 91.9 Å². The molecule has 0 aliphatic heterocycles. The lowest BCUT2D eigenvalue weighted by Crippen LogP contribution is -2.16. The van der Waals surface area contributed by atoms with Crippen molar-refractivity contribution in [3.8, 4) is 16.4 Å². The van der Waals surface area contributed by atoms with Crippen LogP contribution in [0.25, 0.3) is 37.5 Å². The van der Waals surface area contributed by atoms with E-state index in [0.717, 1.165) is 32.4 Å². The summed E-state index contributed by atoms with van der Waals surface area (Å²) in [6, 6.07) is 26.6. The first kappa shape index (κ1) is 21.5. The predicted molar refractivity (Wildman–Crippen MR) is 142 cm³/mol. The molecule has 0 saturated carbocycles. The van der Waals surface area contributed by atoms with Gasteiger partial charge in [-0.3, -0.25) is 4.79 Å². The van der Waals surface area contributed by atoms with Crippen molar-refractivity contribution in [3.05, 3.63) is 101 Å². The number of carbonyl (C=O) groups excluding carboxylic acids is 1. The highest BCUT2D eigenvalue weighted by Crippen LogP contribution is 2.29. The van der Waals surface area contributed by atoms with Gasteiger partial charge in [-0.05, 0) is 43.3 Å². The van der Waals surface area contributed by atoms with Gasteiger partial charge >= 0.3 is 0 Å². The SMILES string of the molecule is Cc1cc(NC(=O)c2cc(-c3ccc(Cl)cc3)nc3ccccc23)n(-c2nc3ccccc3s2)n1. The molecule has 1 amide bonds. The summed E-state index contributed by atoms with van der Waals surface area (Å²) in [6.07, 6.45) is 0. The molecule has 0 bridgehead atoms. The van der Waals surface area contributed by atoms with Gasteiger partial charge in [-0.2, -0.15) is 9.78 Å². The maximum absolute atomic E-state index is 13.6. The number of aryl methyl sites for hydroxylation is 1. The van der Waals surface area contributed by atoms with Crippen LogP contribution in [-0.4, -0.2) is 25.7 Å².